The number of Topliss-reactive ketones (excluding diaryl/α,β-unsaturated/α-hetero) is 1. The fourth-order valence-corrected chi connectivity index (χ4v) is 1.99. The minimum absolute atomic E-state index is 0.00431. The molecule has 22 heavy (non-hydrogen) atoms. The largest absolute Gasteiger partial charge is 0.478 e. The predicted molar refractivity (Wildman–Crippen MR) is 79.9 cm³/mol. The van der Waals surface area contributed by atoms with E-state index in [4.69, 9.17) is 21.3 Å². The van der Waals surface area contributed by atoms with Crippen LogP contribution in [0.4, 0.5) is 0 Å². The van der Waals surface area contributed by atoms with Crippen molar-refractivity contribution in [1.82, 2.24) is 0 Å². The van der Waals surface area contributed by atoms with Gasteiger partial charge in [-0.1, -0.05) is 12.5 Å². The first-order valence-corrected chi connectivity index (χ1v) is 6.93. The van der Waals surface area contributed by atoms with Gasteiger partial charge in [0.25, 0.3) is 0 Å². The minimum atomic E-state index is -1.29. The number of para-hydroxylation sites is 1. The van der Waals surface area contributed by atoms with Crippen LogP contribution < -0.4 is 16.2 Å². The van der Waals surface area contributed by atoms with E-state index in [1.807, 2.05) is 0 Å². The summed E-state index contributed by atoms with van der Waals surface area (Å²) in [6.07, 6.45) is 1.85. The quantitative estimate of drug-likeness (QED) is 0.282. The number of carboxylic acids is 1. The first kappa shape index (κ1) is 17.8. The van der Waals surface area contributed by atoms with Gasteiger partial charge < -0.3 is 21.3 Å². The second kappa shape index (κ2) is 8.26. The van der Waals surface area contributed by atoms with E-state index in [0.29, 0.717) is 19.4 Å². The summed E-state index contributed by atoms with van der Waals surface area (Å²) < 4.78 is 4.92. The number of hydrogen-bond donors (Lipinski definition) is 3. The molecule has 0 bridgehead atoms. The third-order valence-corrected chi connectivity index (χ3v) is 3.06. The number of carbonyl (C=O) groups excluding carboxylic acids is 2. The molecule has 0 spiro atoms. The molecule has 120 valence electrons. The average molecular weight is 308 g/mol. The van der Waals surface area contributed by atoms with Crippen molar-refractivity contribution >= 4 is 17.7 Å². The van der Waals surface area contributed by atoms with E-state index < -0.39 is 23.8 Å². The summed E-state index contributed by atoms with van der Waals surface area (Å²) in [4.78, 5) is 34.8. The summed E-state index contributed by atoms with van der Waals surface area (Å²) in [5.41, 5.74) is 11.0. The number of ether oxygens (including phenoxy) is 1. The van der Waals surface area contributed by atoms with Crippen molar-refractivity contribution in [3.63, 3.8) is 0 Å². The number of carbonyl (C=O) groups is 3. The molecular weight excluding hydrogens is 288 g/mol. The van der Waals surface area contributed by atoms with Gasteiger partial charge in [0, 0.05) is 6.92 Å². The van der Waals surface area contributed by atoms with Crippen molar-refractivity contribution < 1.29 is 24.2 Å². The third-order valence-electron chi connectivity index (χ3n) is 3.06. The molecule has 1 aromatic carbocycles. The molecule has 1 rings (SSSR count). The van der Waals surface area contributed by atoms with Crippen molar-refractivity contribution in [2.75, 3.05) is 6.54 Å². The van der Waals surface area contributed by atoms with Gasteiger partial charge in [0.15, 0.2) is 11.5 Å². The molecular formula is C15H20N2O5. The minimum Gasteiger partial charge on any atom is -0.478 e. The zero-order chi connectivity index (χ0) is 16.7. The van der Waals surface area contributed by atoms with Gasteiger partial charge in [-0.25, -0.2) is 4.79 Å². The number of carboxylic acid groups (broad SMARTS) is 1. The topological polar surface area (TPSA) is 133 Å². The van der Waals surface area contributed by atoms with E-state index in [0.717, 1.165) is 13.3 Å². The maximum absolute atomic E-state index is 12.4. The summed E-state index contributed by atoms with van der Waals surface area (Å²) >= 11 is 0. The van der Waals surface area contributed by atoms with Gasteiger partial charge in [-0.15, -0.1) is 0 Å². The molecule has 0 aromatic heterocycles. The maximum atomic E-state index is 12.4. The molecule has 7 heteroatoms. The second-order valence-electron chi connectivity index (χ2n) is 4.84. The lowest BCUT2D eigenvalue weighted by Gasteiger charge is -2.14. The molecule has 0 fully saturated rings. The zero-order valence-electron chi connectivity index (χ0n) is 12.4. The van der Waals surface area contributed by atoms with Gasteiger partial charge in [0.1, 0.15) is 5.56 Å². The molecule has 0 saturated carbocycles. The molecule has 0 heterocycles. The highest BCUT2D eigenvalue weighted by Crippen LogP contribution is 2.26. The number of aromatic carboxylic acids is 1. The molecule has 7 nitrogen and oxygen atoms in total. The van der Waals surface area contributed by atoms with Crippen LogP contribution in [0.5, 0.6) is 5.75 Å². The SMILES string of the molecule is CC(=O)Oc1c(C(=O)O)cccc1C(=O)[C@@H](N)CCCCN. The Bertz CT molecular complexity index is 571. The highest BCUT2D eigenvalue weighted by atomic mass is 16.5. The molecule has 1 aromatic rings. The first-order chi connectivity index (χ1) is 10.4. The Morgan fingerprint density at radius 1 is 1.23 bits per heavy atom. The highest BCUT2D eigenvalue weighted by molar-refractivity contribution is 6.06. The predicted octanol–water partition coefficient (Wildman–Crippen LogP) is 0.949. The number of benzene rings is 1. The number of rotatable bonds is 8. The van der Waals surface area contributed by atoms with Crippen molar-refractivity contribution in [3.05, 3.63) is 29.3 Å². The molecule has 0 amide bonds. The first-order valence-electron chi connectivity index (χ1n) is 6.93. The molecule has 5 N–H and O–H groups in total. The average Bonchev–Trinajstić information content (AvgIpc) is 2.46. The van der Waals surface area contributed by atoms with Crippen LogP contribution in [-0.2, 0) is 4.79 Å². The van der Waals surface area contributed by atoms with E-state index in [1.54, 1.807) is 0 Å². The summed E-state index contributed by atoms with van der Waals surface area (Å²) in [5.74, 6) is -2.72. The Morgan fingerprint density at radius 2 is 1.86 bits per heavy atom. The Hall–Kier alpha value is -2.25. The number of nitrogens with two attached hydrogens (primary N) is 2. The molecule has 0 saturated heterocycles. The molecule has 0 radical (unpaired) electrons. The van der Waals surface area contributed by atoms with Crippen LogP contribution in [0.15, 0.2) is 18.2 Å². The zero-order valence-corrected chi connectivity index (χ0v) is 12.4. The number of ketones is 1. The fourth-order valence-electron chi connectivity index (χ4n) is 1.99. The molecule has 1 atom stereocenters. The summed E-state index contributed by atoms with van der Waals surface area (Å²) in [7, 11) is 0. The van der Waals surface area contributed by atoms with E-state index in [-0.39, 0.29) is 16.9 Å². The lowest BCUT2D eigenvalue weighted by Crippen LogP contribution is -2.31. The number of unbranched alkanes of at least 4 members (excludes halogenated alkanes) is 1. The standard InChI is InChI=1S/C15H20N2O5/c1-9(18)22-14-10(5-4-6-11(14)15(20)21)13(19)12(17)7-2-3-8-16/h4-6,12H,2-3,7-8,16-17H2,1H3,(H,20,21)/t12-/m0/s1. The molecule has 0 aliphatic carbocycles. The lowest BCUT2D eigenvalue weighted by molar-refractivity contribution is -0.131. The van der Waals surface area contributed by atoms with Crippen molar-refractivity contribution in [2.45, 2.75) is 32.2 Å². The summed E-state index contributed by atoms with van der Waals surface area (Å²) in [5, 5.41) is 9.15. The van der Waals surface area contributed by atoms with Crippen LogP contribution in [-0.4, -0.2) is 35.4 Å². The van der Waals surface area contributed by atoms with Crippen molar-refractivity contribution in [2.24, 2.45) is 11.5 Å². The van der Waals surface area contributed by atoms with Crippen LogP contribution in [0, 0.1) is 0 Å². The molecule has 0 aliphatic rings. The van der Waals surface area contributed by atoms with E-state index in [1.165, 1.54) is 18.2 Å². The third kappa shape index (κ3) is 4.64. The van der Waals surface area contributed by atoms with Crippen LogP contribution >= 0.6 is 0 Å². The number of esters is 1. The van der Waals surface area contributed by atoms with Crippen molar-refractivity contribution in [1.29, 1.82) is 0 Å². The Labute approximate surface area is 128 Å². The highest BCUT2D eigenvalue weighted by Gasteiger charge is 2.24. The summed E-state index contributed by atoms with van der Waals surface area (Å²) in [6, 6.07) is 3.27. The number of hydrogen-bond acceptors (Lipinski definition) is 6. The summed E-state index contributed by atoms with van der Waals surface area (Å²) in [6.45, 7) is 1.64. The van der Waals surface area contributed by atoms with E-state index in [2.05, 4.69) is 0 Å². The van der Waals surface area contributed by atoms with Crippen LogP contribution in [0.1, 0.15) is 46.9 Å². The molecule has 0 aliphatic heterocycles. The molecule has 0 unspecified atom stereocenters. The van der Waals surface area contributed by atoms with Crippen molar-refractivity contribution in [3.8, 4) is 5.75 Å². The fraction of sp³-hybridized carbons (Fsp3) is 0.400. The van der Waals surface area contributed by atoms with E-state index >= 15 is 0 Å². The lowest BCUT2D eigenvalue weighted by atomic mass is 9.97. The van der Waals surface area contributed by atoms with Gasteiger partial charge >= 0.3 is 11.9 Å². The van der Waals surface area contributed by atoms with Crippen LogP contribution in [0.2, 0.25) is 0 Å². The van der Waals surface area contributed by atoms with E-state index in [9.17, 15) is 14.4 Å². The van der Waals surface area contributed by atoms with Crippen LogP contribution in [0.3, 0.4) is 0 Å². The van der Waals surface area contributed by atoms with Gasteiger partial charge in [-0.05, 0) is 31.5 Å². The maximum Gasteiger partial charge on any atom is 0.339 e. The Balaban J connectivity index is 3.11. The Kier molecular flexibility index (Phi) is 6.68. The van der Waals surface area contributed by atoms with Gasteiger partial charge in [-0.2, -0.15) is 0 Å². The monoisotopic (exact) mass is 308 g/mol. The van der Waals surface area contributed by atoms with Gasteiger partial charge in [0.05, 0.1) is 11.6 Å². The normalized spacial score (nSPS) is 11.8. The smallest absolute Gasteiger partial charge is 0.339 e. The van der Waals surface area contributed by atoms with Crippen LogP contribution in [0.25, 0.3) is 0 Å². The Morgan fingerprint density at radius 3 is 2.41 bits per heavy atom. The van der Waals surface area contributed by atoms with Gasteiger partial charge in [-0.3, -0.25) is 9.59 Å². The van der Waals surface area contributed by atoms with Gasteiger partial charge in [0.2, 0.25) is 0 Å². The second-order valence-corrected chi connectivity index (χ2v) is 4.84.